The summed E-state index contributed by atoms with van der Waals surface area (Å²) in [7, 11) is 0. The molecule has 1 aliphatic rings. The van der Waals surface area contributed by atoms with E-state index in [9.17, 15) is 20.0 Å². The molecule has 9 heteroatoms. The average molecular weight is 300 g/mol. The normalized spacial score (nSPS) is 17.3. The summed E-state index contributed by atoms with van der Waals surface area (Å²) in [4.78, 5) is 27.4. The first-order valence-electron chi connectivity index (χ1n) is 6.19. The van der Waals surface area contributed by atoms with Crippen molar-refractivity contribution in [2.24, 2.45) is 0 Å². The van der Waals surface area contributed by atoms with Crippen LogP contribution in [0.1, 0.15) is 5.82 Å². The van der Waals surface area contributed by atoms with Crippen LogP contribution in [0.3, 0.4) is 0 Å². The van der Waals surface area contributed by atoms with E-state index >= 15 is 0 Å². The minimum Gasteiger partial charge on any atom is -0.387 e. The summed E-state index contributed by atoms with van der Waals surface area (Å²) in [6.45, 7) is 2.49. The molecule has 0 spiro atoms. The Kier molecular flexibility index (Phi) is 4.61. The van der Waals surface area contributed by atoms with Crippen molar-refractivity contribution in [3.63, 3.8) is 0 Å². The molecule has 1 N–H and O–H groups in total. The lowest BCUT2D eigenvalue weighted by molar-refractivity contribution is -0.392. The molecule has 0 bridgehead atoms. The number of nitrogens with zero attached hydrogens (tertiary/aromatic N) is 4. The van der Waals surface area contributed by atoms with Gasteiger partial charge in [-0.05, 0) is 4.92 Å². The van der Waals surface area contributed by atoms with Crippen LogP contribution >= 0.6 is 11.8 Å². The second-order valence-corrected chi connectivity index (χ2v) is 5.68. The first-order chi connectivity index (χ1) is 9.49. The quantitative estimate of drug-likeness (QED) is 0.608. The molecule has 0 unspecified atom stereocenters. The predicted octanol–water partition coefficient (Wildman–Crippen LogP) is 0.0360. The van der Waals surface area contributed by atoms with E-state index in [0.29, 0.717) is 18.1 Å². The maximum atomic E-state index is 11.6. The minimum atomic E-state index is -0.853. The zero-order valence-electron chi connectivity index (χ0n) is 11.1. The average Bonchev–Trinajstić information content (AvgIpc) is 2.74. The van der Waals surface area contributed by atoms with Gasteiger partial charge in [-0.3, -0.25) is 4.79 Å². The van der Waals surface area contributed by atoms with Gasteiger partial charge in [0.25, 0.3) is 0 Å². The second-order valence-electron chi connectivity index (χ2n) is 4.58. The van der Waals surface area contributed by atoms with Crippen LogP contribution in [0.4, 0.5) is 5.82 Å². The van der Waals surface area contributed by atoms with E-state index in [-0.39, 0.29) is 24.8 Å². The van der Waals surface area contributed by atoms with E-state index < -0.39 is 11.0 Å². The standard InChI is InChI=1S/C11H16N4O4S/c1-8-12-4-10(15(18)19)14(8)6-9(16)5-13-2-3-20-7-11(13)17/h4,9,16H,2-3,5-7H2,1H3/t9-/m0/s1. The molecule has 1 aromatic rings. The molecule has 1 aromatic heterocycles. The number of imidazole rings is 1. The van der Waals surface area contributed by atoms with Gasteiger partial charge in [0.1, 0.15) is 18.8 Å². The van der Waals surface area contributed by atoms with E-state index in [2.05, 4.69) is 4.98 Å². The van der Waals surface area contributed by atoms with Gasteiger partial charge in [-0.1, -0.05) is 0 Å². The SMILES string of the molecule is Cc1ncc([N+](=O)[O-])n1C[C@@H](O)CN1CCSCC1=O. The Morgan fingerprint density at radius 3 is 3.00 bits per heavy atom. The number of carbonyl (C=O) groups is 1. The topological polar surface area (TPSA) is 102 Å². The van der Waals surface area contributed by atoms with Crippen LogP contribution in [0.25, 0.3) is 0 Å². The third-order valence-electron chi connectivity index (χ3n) is 3.13. The summed E-state index contributed by atoms with van der Waals surface area (Å²) in [6.07, 6.45) is 0.318. The monoisotopic (exact) mass is 300 g/mol. The molecule has 20 heavy (non-hydrogen) atoms. The van der Waals surface area contributed by atoms with Gasteiger partial charge >= 0.3 is 5.82 Å². The fourth-order valence-corrected chi connectivity index (χ4v) is 2.94. The molecule has 1 aliphatic heterocycles. The summed E-state index contributed by atoms with van der Waals surface area (Å²) < 4.78 is 1.35. The van der Waals surface area contributed by atoms with Crippen LogP contribution in [0.15, 0.2) is 6.20 Å². The molecule has 0 aromatic carbocycles. The number of aliphatic hydroxyl groups excluding tert-OH is 1. The maximum absolute atomic E-state index is 11.6. The molecule has 1 fully saturated rings. The largest absolute Gasteiger partial charge is 0.387 e. The third-order valence-corrected chi connectivity index (χ3v) is 4.05. The number of carbonyl (C=O) groups excluding carboxylic acids is 1. The van der Waals surface area contributed by atoms with Crippen molar-refractivity contribution >= 4 is 23.5 Å². The van der Waals surface area contributed by atoms with Crippen molar-refractivity contribution in [2.75, 3.05) is 24.6 Å². The highest BCUT2D eigenvalue weighted by Crippen LogP contribution is 2.16. The Morgan fingerprint density at radius 2 is 2.35 bits per heavy atom. The summed E-state index contributed by atoms with van der Waals surface area (Å²) in [6, 6.07) is 0. The highest BCUT2D eigenvalue weighted by molar-refractivity contribution is 8.00. The number of hydrogen-bond acceptors (Lipinski definition) is 6. The van der Waals surface area contributed by atoms with E-state index in [4.69, 9.17) is 0 Å². The molecule has 0 saturated carbocycles. The van der Waals surface area contributed by atoms with E-state index in [1.54, 1.807) is 23.6 Å². The predicted molar refractivity (Wildman–Crippen MR) is 73.5 cm³/mol. The zero-order chi connectivity index (χ0) is 14.7. The number of rotatable bonds is 5. The van der Waals surface area contributed by atoms with Crippen LogP contribution in [0.2, 0.25) is 0 Å². The summed E-state index contributed by atoms with van der Waals surface area (Å²) in [5, 5.41) is 20.9. The molecular formula is C11H16N4O4S. The van der Waals surface area contributed by atoms with Gasteiger partial charge in [0, 0.05) is 19.2 Å². The number of aliphatic hydroxyl groups is 1. The lowest BCUT2D eigenvalue weighted by atomic mass is 10.3. The van der Waals surface area contributed by atoms with E-state index in [0.717, 1.165) is 5.75 Å². The highest BCUT2D eigenvalue weighted by Gasteiger charge is 2.25. The van der Waals surface area contributed by atoms with Gasteiger partial charge in [-0.15, -0.1) is 0 Å². The summed E-state index contributed by atoms with van der Waals surface area (Å²) in [5.74, 6) is 1.59. The van der Waals surface area contributed by atoms with Crippen LogP contribution in [0, 0.1) is 17.0 Å². The number of thioether (sulfide) groups is 1. The second kappa shape index (κ2) is 6.23. The van der Waals surface area contributed by atoms with Gasteiger partial charge in [0.2, 0.25) is 5.91 Å². The first kappa shape index (κ1) is 14.8. The molecule has 1 saturated heterocycles. The molecule has 1 amide bonds. The van der Waals surface area contributed by atoms with Crippen LogP contribution in [-0.4, -0.2) is 61.1 Å². The van der Waals surface area contributed by atoms with Gasteiger partial charge in [0.15, 0.2) is 5.82 Å². The van der Waals surface area contributed by atoms with Gasteiger partial charge in [-0.25, -0.2) is 9.55 Å². The Balaban J connectivity index is 2.01. The summed E-state index contributed by atoms with van der Waals surface area (Å²) >= 11 is 1.57. The van der Waals surface area contributed by atoms with Gasteiger partial charge in [0.05, 0.1) is 12.3 Å². The van der Waals surface area contributed by atoms with Crippen molar-refractivity contribution in [3.8, 4) is 0 Å². The van der Waals surface area contributed by atoms with Crippen LogP contribution < -0.4 is 0 Å². The first-order valence-corrected chi connectivity index (χ1v) is 7.34. The maximum Gasteiger partial charge on any atom is 0.342 e. The third kappa shape index (κ3) is 3.28. The Bertz CT molecular complexity index is 519. The number of aromatic nitrogens is 2. The number of nitro groups is 1. The van der Waals surface area contributed by atoms with Crippen molar-refractivity contribution in [3.05, 3.63) is 22.1 Å². The number of amides is 1. The van der Waals surface area contributed by atoms with Crippen molar-refractivity contribution in [1.82, 2.24) is 14.5 Å². The molecule has 110 valence electrons. The van der Waals surface area contributed by atoms with Crippen molar-refractivity contribution < 1.29 is 14.8 Å². The Morgan fingerprint density at radius 1 is 1.60 bits per heavy atom. The lowest BCUT2D eigenvalue weighted by Crippen LogP contribution is -2.43. The minimum absolute atomic E-state index is 0.00264. The smallest absolute Gasteiger partial charge is 0.342 e. The van der Waals surface area contributed by atoms with Crippen molar-refractivity contribution in [2.45, 2.75) is 19.6 Å². The number of aryl methyl sites for hydroxylation is 1. The molecule has 8 nitrogen and oxygen atoms in total. The van der Waals surface area contributed by atoms with Crippen LogP contribution in [0.5, 0.6) is 0 Å². The Hall–Kier alpha value is -1.61. The molecule has 2 heterocycles. The van der Waals surface area contributed by atoms with Crippen molar-refractivity contribution in [1.29, 1.82) is 0 Å². The van der Waals surface area contributed by atoms with Crippen LogP contribution in [-0.2, 0) is 11.3 Å². The Labute approximate surface area is 119 Å². The zero-order valence-corrected chi connectivity index (χ0v) is 11.9. The van der Waals surface area contributed by atoms with Gasteiger partial charge in [-0.2, -0.15) is 11.8 Å². The molecule has 1 atom stereocenters. The highest BCUT2D eigenvalue weighted by atomic mass is 32.2. The molecule has 0 aliphatic carbocycles. The van der Waals surface area contributed by atoms with E-state index in [1.807, 2.05) is 0 Å². The number of β-amino-alcohol motifs (C(OH)–C–C–N with tert-alkyl or cyclic N) is 1. The fourth-order valence-electron chi connectivity index (χ4n) is 2.09. The fraction of sp³-hybridized carbons (Fsp3) is 0.636. The molecule has 2 rings (SSSR count). The molecular weight excluding hydrogens is 284 g/mol. The molecule has 0 radical (unpaired) electrons. The van der Waals surface area contributed by atoms with Gasteiger partial charge < -0.3 is 20.1 Å². The summed E-state index contributed by atoms with van der Waals surface area (Å²) in [5.41, 5.74) is 0. The number of hydrogen-bond donors (Lipinski definition) is 1. The lowest BCUT2D eigenvalue weighted by Gasteiger charge is -2.28. The van der Waals surface area contributed by atoms with E-state index in [1.165, 1.54) is 10.8 Å².